The maximum Gasteiger partial charge on any atom is 0.410 e. The number of rotatable bonds is 2. The lowest BCUT2D eigenvalue weighted by Gasteiger charge is -2.37. The molecule has 0 atom stereocenters. The molecule has 7 nitrogen and oxygen atoms in total. The van der Waals surface area contributed by atoms with Crippen LogP contribution in [0.5, 0.6) is 0 Å². The van der Waals surface area contributed by atoms with Crippen molar-refractivity contribution < 1.29 is 31.4 Å². The molecular formula is C12H20FNO6S. The highest BCUT2D eigenvalue weighted by atomic mass is 32.3. The zero-order valence-corrected chi connectivity index (χ0v) is 13.3. The lowest BCUT2D eigenvalue weighted by molar-refractivity contribution is -0.145. The van der Waals surface area contributed by atoms with Crippen molar-refractivity contribution in [3.8, 4) is 0 Å². The summed E-state index contributed by atoms with van der Waals surface area (Å²) in [7, 11) is -4.14. The van der Waals surface area contributed by atoms with E-state index in [1.54, 1.807) is 20.8 Å². The van der Waals surface area contributed by atoms with E-state index in [1.807, 2.05) is 0 Å². The van der Waals surface area contributed by atoms with Gasteiger partial charge in [-0.3, -0.25) is 4.79 Å². The van der Waals surface area contributed by atoms with E-state index in [0.717, 1.165) is 7.11 Å². The lowest BCUT2D eigenvalue weighted by atomic mass is 9.96. The van der Waals surface area contributed by atoms with Gasteiger partial charge in [0.15, 0.2) is 0 Å². The standard InChI is InChI=1S/C12H20FNO6S/c1-11(2,3)20-10(16)14-7-5-12(6-8-14,9(15)19-4)21(13,17)18/h5-8H2,1-4H3. The van der Waals surface area contributed by atoms with E-state index in [9.17, 15) is 21.9 Å². The number of hydrogen-bond acceptors (Lipinski definition) is 6. The molecule has 0 unspecified atom stereocenters. The summed E-state index contributed by atoms with van der Waals surface area (Å²) in [5.41, 5.74) is -0.694. The molecule has 0 bridgehead atoms. The van der Waals surface area contributed by atoms with E-state index in [1.165, 1.54) is 4.90 Å². The molecule has 0 aromatic carbocycles. The molecule has 9 heteroatoms. The van der Waals surface area contributed by atoms with Crippen molar-refractivity contribution in [2.45, 2.75) is 44.0 Å². The van der Waals surface area contributed by atoms with E-state index >= 15 is 0 Å². The van der Waals surface area contributed by atoms with Crippen molar-refractivity contribution in [2.24, 2.45) is 0 Å². The molecule has 0 aromatic rings. The van der Waals surface area contributed by atoms with Gasteiger partial charge >= 0.3 is 22.3 Å². The zero-order chi connectivity index (χ0) is 16.5. The van der Waals surface area contributed by atoms with Gasteiger partial charge in [-0.1, -0.05) is 0 Å². The number of halogens is 1. The molecule has 1 aliphatic heterocycles. The minimum absolute atomic E-state index is 0.104. The van der Waals surface area contributed by atoms with E-state index < -0.39 is 32.6 Å². The summed E-state index contributed by atoms with van der Waals surface area (Å²) in [4.78, 5) is 24.8. The molecule has 0 saturated carbocycles. The van der Waals surface area contributed by atoms with Gasteiger partial charge in [0, 0.05) is 13.1 Å². The molecule has 122 valence electrons. The Morgan fingerprint density at radius 1 is 1.19 bits per heavy atom. The van der Waals surface area contributed by atoms with E-state index in [4.69, 9.17) is 4.74 Å². The Balaban J connectivity index is 2.86. The summed E-state index contributed by atoms with van der Waals surface area (Å²) in [6, 6.07) is 0. The van der Waals surface area contributed by atoms with Crippen LogP contribution in [-0.2, 0) is 24.5 Å². The van der Waals surface area contributed by atoms with Gasteiger partial charge < -0.3 is 14.4 Å². The van der Waals surface area contributed by atoms with Gasteiger partial charge in [-0.15, -0.1) is 3.89 Å². The average Bonchev–Trinajstić information content (AvgIpc) is 2.34. The van der Waals surface area contributed by atoms with E-state index in [0.29, 0.717) is 0 Å². The van der Waals surface area contributed by atoms with Crippen LogP contribution in [0.25, 0.3) is 0 Å². The second-order valence-corrected chi connectivity index (χ2v) is 7.55. The van der Waals surface area contributed by atoms with Crippen LogP contribution >= 0.6 is 0 Å². The Hall–Kier alpha value is -1.38. The minimum Gasteiger partial charge on any atom is -0.468 e. The van der Waals surface area contributed by atoms with Crippen molar-refractivity contribution in [1.29, 1.82) is 0 Å². The van der Waals surface area contributed by atoms with Gasteiger partial charge in [-0.05, 0) is 33.6 Å². The SMILES string of the molecule is COC(=O)C1(S(=O)(=O)F)CCN(C(=O)OC(C)(C)C)CC1. The first-order valence-electron chi connectivity index (χ1n) is 6.43. The van der Waals surface area contributed by atoms with Crippen LogP contribution in [0.4, 0.5) is 8.68 Å². The molecule has 1 rings (SSSR count). The van der Waals surface area contributed by atoms with Crippen molar-refractivity contribution in [3.63, 3.8) is 0 Å². The highest BCUT2D eigenvalue weighted by Crippen LogP contribution is 2.33. The quantitative estimate of drug-likeness (QED) is 0.560. The number of carbonyl (C=O) groups is 2. The fourth-order valence-electron chi connectivity index (χ4n) is 2.11. The average molecular weight is 325 g/mol. The summed E-state index contributed by atoms with van der Waals surface area (Å²) in [6.45, 7) is 4.87. The second kappa shape index (κ2) is 5.78. The summed E-state index contributed by atoms with van der Waals surface area (Å²) in [6.07, 6.45) is -1.35. The molecule has 0 N–H and O–H groups in total. The highest BCUT2D eigenvalue weighted by molar-refractivity contribution is 7.88. The largest absolute Gasteiger partial charge is 0.468 e. The third kappa shape index (κ3) is 3.84. The molecule has 1 saturated heterocycles. The van der Waals surface area contributed by atoms with E-state index in [2.05, 4.69) is 4.74 Å². The summed E-state index contributed by atoms with van der Waals surface area (Å²) < 4.78 is 43.4. The molecule has 0 radical (unpaired) electrons. The number of esters is 1. The summed E-state index contributed by atoms with van der Waals surface area (Å²) >= 11 is 0. The van der Waals surface area contributed by atoms with Crippen LogP contribution in [0.15, 0.2) is 0 Å². The first kappa shape index (κ1) is 17.7. The monoisotopic (exact) mass is 325 g/mol. The Morgan fingerprint density at radius 2 is 1.67 bits per heavy atom. The lowest BCUT2D eigenvalue weighted by Crippen LogP contribution is -2.55. The van der Waals surface area contributed by atoms with Crippen LogP contribution in [0.2, 0.25) is 0 Å². The van der Waals surface area contributed by atoms with Crippen LogP contribution in [0.1, 0.15) is 33.6 Å². The Labute approximate surface area is 123 Å². The van der Waals surface area contributed by atoms with Crippen LogP contribution in [0, 0.1) is 0 Å². The van der Waals surface area contributed by atoms with Gasteiger partial charge in [0.25, 0.3) is 0 Å². The maximum atomic E-state index is 13.5. The van der Waals surface area contributed by atoms with Crippen LogP contribution in [-0.4, -0.2) is 55.9 Å². The molecule has 1 aliphatic rings. The molecule has 1 amide bonds. The Morgan fingerprint density at radius 3 is 2.00 bits per heavy atom. The van der Waals surface area contributed by atoms with Gasteiger partial charge in [-0.2, -0.15) is 8.42 Å². The van der Waals surface area contributed by atoms with Crippen molar-refractivity contribution in [3.05, 3.63) is 0 Å². The van der Waals surface area contributed by atoms with E-state index in [-0.39, 0.29) is 25.9 Å². The van der Waals surface area contributed by atoms with Crippen molar-refractivity contribution in [2.75, 3.05) is 20.2 Å². The topological polar surface area (TPSA) is 90.0 Å². The predicted octanol–water partition coefficient (Wildman–Crippen LogP) is 1.23. The fraction of sp³-hybridized carbons (Fsp3) is 0.833. The molecule has 0 spiro atoms. The molecule has 0 aromatic heterocycles. The summed E-state index contributed by atoms with van der Waals surface area (Å²) in [5, 5.41) is 0. The predicted molar refractivity (Wildman–Crippen MR) is 71.8 cm³/mol. The zero-order valence-electron chi connectivity index (χ0n) is 12.5. The Bertz CT molecular complexity index is 516. The number of nitrogens with zero attached hydrogens (tertiary/aromatic N) is 1. The number of likely N-dealkylation sites (tertiary alicyclic amines) is 1. The fourth-order valence-corrected chi connectivity index (χ4v) is 3.06. The van der Waals surface area contributed by atoms with Crippen molar-refractivity contribution >= 4 is 22.3 Å². The van der Waals surface area contributed by atoms with Crippen LogP contribution in [0.3, 0.4) is 0 Å². The minimum atomic E-state index is -5.14. The first-order chi connectivity index (χ1) is 9.43. The smallest absolute Gasteiger partial charge is 0.410 e. The van der Waals surface area contributed by atoms with Gasteiger partial charge in [0.1, 0.15) is 5.60 Å². The van der Waals surface area contributed by atoms with Gasteiger partial charge in [0.05, 0.1) is 7.11 Å². The normalized spacial score (nSPS) is 19.0. The second-order valence-electron chi connectivity index (χ2n) is 5.89. The van der Waals surface area contributed by atoms with Crippen LogP contribution < -0.4 is 0 Å². The Kier molecular flexibility index (Phi) is 4.87. The van der Waals surface area contributed by atoms with Gasteiger partial charge in [0.2, 0.25) is 4.75 Å². The molecule has 1 heterocycles. The number of hydrogen-bond donors (Lipinski definition) is 0. The molecular weight excluding hydrogens is 305 g/mol. The first-order valence-corrected chi connectivity index (χ1v) is 7.82. The number of amides is 1. The number of carbonyl (C=O) groups excluding carboxylic acids is 2. The summed E-state index contributed by atoms with van der Waals surface area (Å²) in [5.74, 6) is -1.14. The number of methoxy groups -OCH3 is 1. The van der Waals surface area contributed by atoms with Crippen molar-refractivity contribution in [1.82, 2.24) is 4.90 Å². The molecule has 0 aliphatic carbocycles. The van der Waals surface area contributed by atoms with Gasteiger partial charge in [-0.25, -0.2) is 4.79 Å². The number of piperidine rings is 1. The number of ether oxygens (including phenoxy) is 2. The third-order valence-electron chi connectivity index (χ3n) is 3.25. The highest BCUT2D eigenvalue weighted by Gasteiger charge is 2.54. The maximum absolute atomic E-state index is 13.5. The third-order valence-corrected chi connectivity index (χ3v) is 4.76. The molecule has 1 fully saturated rings. The molecule has 21 heavy (non-hydrogen) atoms.